The monoisotopic (exact) mass is 326 g/mol. The molecule has 0 atom stereocenters. The van der Waals surface area contributed by atoms with Gasteiger partial charge in [-0.3, -0.25) is 14.3 Å². The van der Waals surface area contributed by atoms with E-state index in [0.29, 0.717) is 6.54 Å². The molecule has 5 heteroatoms. The van der Waals surface area contributed by atoms with Crippen molar-refractivity contribution in [2.24, 2.45) is 0 Å². The molecule has 2 aromatic heterocycles. The van der Waals surface area contributed by atoms with Crippen LogP contribution in [-0.2, 0) is 19.4 Å². The van der Waals surface area contributed by atoms with Crippen LogP contribution in [0, 0.1) is 6.92 Å². The van der Waals surface area contributed by atoms with Crippen molar-refractivity contribution < 1.29 is 0 Å². The molecule has 0 saturated carbocycles. The fourth-order valence-corrected chi connectivity index (χ4v) is 4.56. The van der Waals surface area contributed by atoms with Crippen LogP contribution in [-0.4, -0.2) is 9.55 Å². The number of nitrogens with one attached hydrogen (secondary N) is 1. The van der Waals surface area contributed by atoms with Crippen molar-refractivity contribution in [3.8, 4) is 0 Å². The minimum absolute atomic E-state index is 0.149. The molecule has 3 aromatic rings. The lowest BCUT2D eigenvalue weighted by Gasteiger charge is -2.10. The Morgan fingerprint density at radius 3 is 2.65 bits per heavy atom. The van der Waals surface area contributed by atoms with Crippen LogP contribution in [0.15, 0.2) is 33.9 Å². The molecule has 0 amide bonds. The molecule has 1 aromatic carbocycles. The largest absolute Gasteiger partial charge is 0.329 e. The molecule has 0 bridgehead atoms. The third-order valence-corrected chi connectivity index (χ3v) is 5.76. The van der Waals surface area contributed by atoms with E-state index in [2.05, 4.69) is 4.98 Å². The predicted molar refractivity (Wildman–Crippen MR) is 93.6 cm³/mol. The number of nitrogens with zero attached hydrogens (tertiary/aromatic N) is 1. The topological polar surface area (TPSA) is 54.9 Å². The standard InChI is InChI=1S/C18H18N2O2S/c1-11-6-8-12(9-7-11)10-20-17(21)15-13-4-2-3-5-14(13)23-16(15)19-18(20)22/h6-9H,2-5,10H2,1H3,(H,19,22). The number of rotatable bonds is 2. The minimum Gasteiger partial charge on any atom is -0.298 e. The molecule has 2 heterocycles. The van der Waals surface area contributed by atoms with Crippen molar-refractivity contribution in [2.75, 3.05) is 0 Å². The Morgan fingerprint density at radius 2 is 1.87 bits per heavy atom. The third kappa shape index (κ3) is 2.45. The molecule has 0 spiro atoms. The Balaban J connectivity index is 1.88. The quantitative estimate of drug-likeness (QED) is 0.787. The normalized spacial score (nSPS) is 14.1. The van der Waals surface area contributed by atoms with Crippen LogP contribution in [0.1, 0.15) is 34.4 Å². The number of fused-ring (bicyclic) bond motifs is 3. The summed E-state index contributed by atoms with van der Waals surface area (Å²) in [5.74, 6) is 0. The molecule has 118 valence electrons. The van der Waals surface area contributed by atoms with Crippen molar-refractivity contribution in [3.63, 3.8) is 0 Å². The lowest BCUT2D eigenvalue weighted by atomic mass is 9.97. The number of aryl methyl sites for hydroxylation is 3. The first-order valence-electron chi connectivity index (χ1n) is 7.96. The number of aromatic nitrogens is 2. The fraction of sp³-hybridized carbons (Fsp3) is 0.333. The van der Waals surface area contributed by atoms with Gasteiger partial charge in [0.1, 0.15) is 4.83 Å². The summed E-state index contributed by atoms with van der Waals surface area (Å²) in [5.41, 5.74) is 2.82. The summed E-state index contributed by atoms with van der Waals surface area (Å²) < 4.78 is 1.33. The second-order valence-electron chi connectivity index (χ2n) is 6.22. The van der Waals surface area contributed by atoms with Gasteiger partial charge in [-0.2, -0.15) is 0 Å². The molecule has 0 fully saturated rings. The summed E-state index contributed by atoms with van der Waals surface area (Å²) >= 11 is 1.58. The first-order chi connectivity index (χ1) is 11.1. The van der Waals surface area contributed by atoms with Crippen LogP contribution in [0.25, 0.3) is 10.2 Å². The average molecular weight is 326 g/mol. The highest BCUT2D eigenvalue weighted by Crippen LogP contribution is 2.32. The van der Waals surface area contributed by atoms with Gasteiger partial charge in [0, 0.05) is 4.88 Å². The van der Waals surface area contributed by atoms with Crippen LogP contribution >= 0.6 is 11.3 Å². The van der Waals surface area contributed by atoms with Gasteiger partial charge in [0.15, 0.2) is 0 Å². The maximum atomic E-state index is 12.9. The Labute approximate surface area is 137 Å². The summed E-state index contributed by atoms with van der Waals surface area (Å²) in [6.07, 6.45) is 4.26. The van der Waals surface area contributed by atoms with Crippen LogP contribution in [0.2, 0.25) is 0 Å². The van der Waals surface area contributed by atoms with E-state index in [0.717, 1.165) is 46.2 Å². The van der Waals surface area contributed by atoms with Crippen molar-refractivity contribution in [2.45, 2.75) is 39.2 Å². The highest BCUT2D eigenvalue weighted by Gasteiger charge is 2.20. The zero-order valence-electron chi connectivity index (χ0n) is 13.0. The number of hydrogen-bond acceptors (Lipinski definition) is 3. The van der Waals surface area contributed by atoms with Gasteiger partial charge in [0.2, 0.25) is 0 Å². The summed E-state index contributed by atoms with van der Waals surface area (Å²) in [4.78, 5) is 30.2. The molecule has 0 saturated heterocycles. The van der Waals surface area contributed by atoms with Gasteiger partial charge in [0.05, 0.1) is 11.9 Å². The van der Waals surface area contributed by atoms with E-state index < -0.39 is 0 Å². The lowest BCUT2D eigenvalue weighted by molar-refractivity contribution is 0.692. The lowest BCUT2D eigenvalue weighted by Crippen LogP contribution is -2.35. The van der Waals surface area contributed by atoms with Crippen molar-refractivity contribution in [3.05, 3.63) is 66.7 Å². The van der Waals surface area contributed by atoms with E-state index in [1.165, 1.54) is 15.9 Å². The number of aromatic amines is 1. The van der Waals surface area contributed by atoms with Gasteiger partial charge in [-0.1, -0.05) is 29.8 Å². The van der Waals surface area contributed by atoms with Crippen molar-refractivity contribution in [1.29, 1.82) is 0 Å². The molecule has 0 aliphatic heterocycles. The van der Waals surface area contributed by atoms with E-state index in [9.17, 15) is 9.59 Å². The molecule has 23 heavy (non-hydrogen) atoms. The number of hydrogen-bond donors (Lipinski definition) is 1. The SMILES string of the molecule is Cc1ccc(Cn2c(=O)[nH]c3sc4c(c3c2=O)CCCC4)cc1. The molecule has 1 N–H and O–H groups in total. The first-order valence-corrected chi connectivity index (χ1v) is 8.78. The van der Waals surface area contributed by atoms with Gasteiger partial charge in [-0.15, -0.1) is 11.3 Å². The first kappa shape index (κ1) is 14.5. The van der Waals surface area contributed by atoms with Gasteiger partial charge >= 0.3 is 5.69 Å². The van der Waals surface area contributed by atoms with Gasteiger partial charge in [-0.25, -0.2) is 4.79 Å². The Hall–Kier alpha value is -2.14. The molecule has 4 nitrogen and oxygen atoms in total. The van der Waals surface area contributed by atoms with Crippen molar-refractivity contribution >= 4 is 21.6 Å². The van der Waals surface area contributed by atoms with E-state index in [1.807, 2.05) is 31.2 Å². The van der Waals surface area contributed by atoms with E-state index in [-0.39, 0.29) is 11.2 Å². The van der Waals surface area contributed by atoms with Crippen LogP contribution in [0.4, 0.5) is 0 Å². The maximum absolute atomic E-state index is 12.9. The van der Waals surface area contributed by atoms with Crippen molar-refractivity contribution in [1.82, 2.24) is 9.55 Å². The second-order valence-corrected chi connectivity index (χ2v) is 7.33. The third-order valence-electron chi connectivity index (χ3n) is 4.56. The van der Waals surface area contributed by atoms with Gasteiger partial charge < -0.3 is 0 Å². The van der Waals surface area contributed by atoms with Crippen LogP contribution in [0.5, 0.6) is 0 Å². The van der Waals surface area contributed by atoms with E-state index in [4.69, 9.17) is 0 Å². The number of thiophene rings is 1. The summed E-state index contributed by atoms with van der Waals surface area (Å²) in [6, 6.07) is 7.93. The Kier molecular flexibility index (Phi) is 3.45. The smallest absolute Gasteiger partial charge is 0.298 e. The maximum Gasteiger partial charge on any atom is 0.329 e. The summed E-state index contributed by atoms with van der Waals surface area (Å²) in [5, 5.41) is 0.733. The highest BCUT2D eigenvalue weighted by molar-refractivity contribution is 7.18. The van der Waals surface area contributed by atoms with Crippen LogP contribution in [0.3, 0.4) is 0 Å². The summed E-state index contributed by atoms with van der Waals surface area (Å²) in [7, 11) is 0. The Bertz CT molecular complexity index is 993. The Morgan fingerprint density at radius 1 is 1.13 bits per heavy atom. The molecule has 0 radical (unpaired) electrons. The number of benzene rings is 1. The molecular formula is C18H18N2O2S. The van der Waals surface area contributed by atoms with E-state index >= 15 is 0 Å². The summed E-state index contributed by atoms with van der Waals surface area (Å²) in [6.45, 7) is 2.33. The second kappa shape index (κ2) is 5.49. The molecule has 1 aliphatic rings. The average Bonchev–Trinajstić information content (AvgIpc) is 2.91. The molecule has 0 unspecified atom stereocenters. The zero-order valence-corrected chi connectivity index (χ0v) is 13.8. The molecular weight excluding hydrogens is 308 g/mol. The van der Waals surface area contributed by atoms with Gasteiger partial charge in [-0.05, 0) is 43.7 Å². The minimum atomic E-state index is -0.318. The van der Waals surface area contributed by atoms with Gasteiger partial charge in [0.25, 0.3) is 5.56 Å². The zero-order chi connectivity index (χ0) is 16.0. The number of H-pyrrole nitrogens is 1. The highest BCUT2D eigenvalue weighted by atomic mass is 32.1. The van der Waals surface area contributed by atoms with Crippen LogP contribution < -0.4 is 11.2 Å². The fourth-order valence-electron chi connectivity index (χ4n) is 3.29. The predicted octanol–water partition coefficient (Wildman–Crippen LogP) is 2.99. The molecule has 1 aliphatic carbocycles. The van der Waals surface area contributed by atoms with E-state index in [1.54, 1.807) is 11.3 Å². The molecule has 4 rings (SSSR count).